The molecule has 104 valence electrons. The van der Waals surface area contributed by atoms with Gasteiger partial charge in [0, 0.05) is 17.5 Å². The first-order chi connectivity index (χ1) is 9.50. The van der Waals surface area contributed by atoms with E-state index in [2.05, 4.69) is 5.32 Å². The Labute approximate surface area is 115 Å². The van der Waals surface area contributed by atoms with Gasteiger partial charge in [-0.25, -0.2) is 0 Å². The van der Waals surface area contributed by atoms with Gasteiger partial charge in [0.15, 0.2) is 0 Å². The number of amides is 3. The summed E-state index contributed by atoms with van der Waals surface area (Å²) in [6.07, 6.45) is 0.532. The van der Waals surface area contributed by atoms with Gasteiger partial charge in [0.1, 0.15) is 11.8 Å². The highest BCUT2D eigenvalue weighted by atomic mass is 16.3. The molecule has 6 heteroatoms. The zero-order valence-corrected chi connectivity index (χ0v) is 10.9. The van der Waals surface area contributed by atoms with E-state index >= 15 is 0 Å². The maximum absolute atomic E-state index is 12.4. The van der Waals surface area contributed by atoms with Crippen molar-refractivity contribution in [2.75, 3.05) is 0 Å². The Bertz CT molecular complexity index is 626. The van der Waals surface area contributed by atoms with Crippen LogP contribution in [0.4, 0.5) is 0 Å². The van der Waals surface area contributed by atoms with Gasteiger partial charge in [0.25, 0.3) is 5.91 Å². The molecule has 2 unspecified atom stereocenters. The van der Waals surface area contributed by atoms with E-state index in [0.29, 0.717) is 17.5 Å². The maximum atomic E-state index is 12.4. The van der Waals surface area contributed by atoms with Crippen LogP contribution in [-0.4, -0.2) is 33.8 Å². The minimum Gasteiger partial charge on any atom is -0.508 e. The largest absolute Gasteiger partial charge is 0.508 e. The zero-order valence-electron chi connectivity index (χ0n) is 10.9. The minimum absolute atomic E-state index is 0.0538. The summed E-state index contributed by atoms with van der Waals surface area (Å²) in [7, 11) is 0. The number of piperidine rings is 1. The molecule has 1 fully saturated rings. The maximum Gasteiger partial charge on any atom is 0.255 e. The van der Waals surface area contributed by atoms with Gasteiger partial charge in [0.2, 0.25) is 11.8 Å². The highest BCUT2D eigenvalue weighted by Gasteiger charge is 2.44. The Balaban J connectivity index is 1.98. The van der Waals surface area contributed by atoms with Crippen LogP contribution in [0.25, 0.3) is 0 Å². The van der Waals surface area contributed by atoms with Gasteiger partial charge in [-0.2, -0.15) is 0 Å². The third-order valence-electron chi connectivity index (χ3n) is 3.93. The molecule has 0 bridgehead atoms. The Morgan fingerprint density at radius 1 is 1.30 bits per heavy atom. The van der Waals surface area contributed by atoms with Crippen molar-refractivity contribution in [1.29, 1.82) is 0 Å². The fourth-order valence-electron chi connectivity index (χ4n) is 2.99. The molecule has 1 aromatic rings. The van der Waals surface area contributed by atoms with E-state index in [1.165, 1.54) is 11.0 Å². The number of nitrogens with one attached hydrogen (secondary N) is 1. The van der Waals surface area contributed by atoms with E-state index < -0.39 is 11.9 Å². The van der Waals surface area contributed by atoms with E-state index in [1.54, 1.807) is 19.1 Å². The Morgan fingerprint density at radius 2 is 2.05 bits per heavy atom. The molecule has 0 radical (unpaired) electrons. The number of fused-ring (bicyclic) bond motifs is 1. The molecule has 6 nitrogen and oxygen atoms in total. The summed E-state index contributed by atoms with van der Waals surface area (Å²) < 4.78 is 0. The highest BCUT2D eigenvalue weighted by molar-refractivity contribution is 6.06. The van der Waals surface area contributed by atoms with Crippen LogP contribution in [0.5, 0.6) is 5.75 Å². The van der Waals surface area contributed by atoms with Crippen LogP contribution in [0.1, 0.15) is 41.7 Å². The smallest absolute Gasteiger partial charge is 0.255 e. The van der Waals surface area contributed by atoms with Gasteiger partial charge < -0.3 is 10.0 Å². The lowest BCUT2D eigenvalue weighted by Gasteiger charge is -2.32. The number of phenols is 1. The molecule has 20 heavy (non-hydrogen) atoms. The molecule has 2 atom stereocenters. The van der Waals surface area contributed by atoms with Gasteiger partial charge in [-0.15, -0.1) is 0 Å². The SMILES string of the molecule is CC1c2c(O)cccc2C(=O)N1C1CCC(=O)NC1=O. The lowest BCUT2D eigenvalue weighted by atomic mass is 10.0. The molecule has 2 heterocycles. The van der Waals surface area contributed by atoms with Gasteiger partial charge in [-0.1, -0.05) is 6.07 Å². The first-order valence-electron chi connectivity index (χ1n) is 6.49. The number of aromatic hydroxyl groups is 1. The molecule has 0 aromatic heterocycles. The second kappa shape index (κ2) is 4.33. The predicted molar refractivity (Wildman–Crippen MR) is 68.9 cm³/mol. The van der Waals surface area contributed by atoms with Crippen molar-refractivity contribution in [1.82, 2.24) is 10.2 Å². The van der Waals surface area contributed by atoms with Crippen molar-refractivity contribution in [2.45, 2.75) is 31.8 Å². The Morgan fingerprint density at radius 3 is 2.70 bits per heavy atom. The number of hydrogen-bond acceptors (Lipinski definition) is 4. The summed E-state index contributed by atoms with van der Waals surface area (Å²) in [5.41, 5.74) is 0.962. The number of hydrogen-bond donors (Lipinski definition) is 2. The first kappa shape index (κ1) is 12.7. The third kappa shape index (κ3) is 1.68. The summed E-state index contributed by atoms with van der Waals surface area (Å²) in [4.78, 5) is 37.0. The monoisotopic (exact) mass is 274 g/mol. The summed E-state index contributed by atoms with van der Waals surface area (Å²) >= 11 is 0. The van der Waals surface area contributed by atoms with E-state index in [4.69, 9.17) is 0 Å². The highest BCUT2D eigenvalue weighted by Crippen LogP contribution is 2.40. The molecule has 0 aliphatic carbocycles. The summed E-state index contributed by atoms with van der Waals surface area (Å²) in [5, 5.41) is 12.2. The molecule has 3 rings (SSSR count). The lowest BCUT2D eigenvalue weighted by molar-refractivity contribution is -0.137. The number of carbonyl (C=O) groups excluding carboxylic acids is 3. The van der Waals surface area contributed by atoms with Gasteiger partial charge >= 0.3 is 0 Å². The average molecular weight is 274 g/mol. The topological polar surface area (TPSA) is 86.7 Å². The summed E-state index contributed by atoms with van der Waals surface area (Å²) in [6, 6.07) is 3.72. The number of carbonyl (C=O) groups is 3. The number of benzene rings is 1. The Hall–Kier alpha value is -2.37. The zero-order chi connectivity index (χ0) is 14.4. The molecule has 2 N–H and O–H groups in total. The molecular formula is C14H14N2O4. The molecular weight excluding hydrogens is 260 g/mol. The quantitative estimate of drug-likeness (QED) is 0.738. The van der Waals surface area contributed by atoms with E-state index in [0.717, 1.165) is 0 Å². The molecule has 0 spiro atoms. The number of imide groups is 1. The molecule has 2 aliphatic rings. The van der Waals surface area contributed by atoms with E-state index in [1.807, 2.05) is 0 Å². The van der Waals surface area contributed by atoms with Crippen molar-refractivity contribution < 1.29 is 19.5 Å². The van der Waals surface area contributed by atoms with Crippen molar-refractivity contribution in [2.24, 2.45) is 0 Å². The lowest BCUT2D eigenvalue weighted by Crippen LogP contribution is -2.53. The molecule has 2 aliphatic heterocycles. The van der Waals surface area contributed by atoms with E-state index in [9.17, 15) is 19.5 Å². The van der Waals surface area contributed by atoms with Gasteiger partial charge in [-0.05, 0) is 25.5 Å². The van der Waals surface area contributed by atoms with Crippen LogP contribution in [-0.2, 0) is 9.59 Å². The molecule has 1 aromatic carbocycles. The van der Waals surface area contributed by atoms with Gasteiger partial charge in [-0.3, -0.25) is 19.7 Å². The third-order valence-corrected chi connectivity index (χ3v) is 3.93. The van der Waals surface area contributed by atoms with Crippen molar-refractivity contribution in [3.05, 3.63) is 29.3 Å². The number of rotatable bonds is 1. The fourth-order valence-corrected chi connectivity index (χ4v) is 2.99. The number of phenolic OH excluding ortho intramolecular Hbond substituents is 1. The van der Waals surface area contributed by atoms with Crippen LogP contribution in [0.15, 0.2) is 18.2 Å². The van der Waals surface area contributed by atoms with Crippen LogP contribution in [0.2, 0.25) is 0 Å². The Kier molecular flexibility index (Phi) is 2.74. The minimum atomic E-state index is -0.665. The summed E-state index contributed by atoms with van der Waals surface area (Å²) in [6.45, 7) is 1.77. The number of nitrogens with zero attached hydrogens (tertiary/aromatic N) is 1. The second-order valence-electron chi connectivity index (χ2n) is 5.09. The molecule has 3 amide bonds. The average Bonchev–Trinajstić information content (AvgIpc) is 2.64. The van der Waals surface area contributed by atoms with E-state index in [-0.39, 0.29) is 30.0 Å². The standard InChI is InChI=1S/C14H14N2O4/c1-7-12-8(3-2-4-10(12)17)14(20)16(7)9-5-6-11(18)15-13(9)19/h2-4,7,9,17H,5-6H2,1H3,(H,15,18,19). The van der Waals surface area contributed by atoms with Crippen molar-refractivity contribution in [3.8, 4) is 5.75 Å². The van der Waals surface area contributed by atoms with Gasteiger partial charge in [0.05, 0.1) is 6.04 Å². The first-order valence-corrected chi connectivity index (χ1v) is 6.49. The van der Waals surface area contributed by atoms with Crippen LogP contribution in [0.3, 0.4) is 0 Å². The van der Waals surface area contributed by atoms with Crippen LogP contribution < -0.4 is 5.32 Å². The van der Waals surface area contributed by atoms with Crippen molar-refractivity contribution >= 4 is 17.7 Å². The van der Waals surface area contributed by atoms with Crippen molar-refractivity contribution in [3.63, 3.8) is 0 Å². The second-order valence-corrected chi connectivity index (χ2v) is 5.09. The van der Waals surface area contributed by atoms with Crippen LogP contribution >= 0.6 is 0 Å². The molecule has 0 saturated carbocycles. The normalized spacial score (nSPS) is 25.6. The molecule has 1 saturated heterocycles. The van der Waals surface area contributed by atoms with Crippen LogP contribution in [0, 0.1) is 0 Å². The fraction of sp³-hybridized carbons (Fsp3) is 0.357. The predicted octanol–water partition coefficient (Wildman–Crippen LogP) is 0.714. The summed E-state index contributed by atoms with van der Waals surface area (Å²) in [5.74, 6) is -0.990.